The van der Waals surface area contributed by atoms with Crippen molar-refractivity contribution >= 4 is 17.0 Å². The molecular formula is C16H16F2N6. The molecule has 0 saturated carbocycles. The number of H-pyrrole nitrogens is 1. The van der Waals surface area contributed by atoms with Crippen molar-refractivity contribution in [1.82, 2.24) is 19.5 Å². The number of aromatic nitrogens is 4. The predicted octanol–water partition coefficient (Wildman–Crippen LogP) is 2.68. The van der Waals surface area contributed by atoms with Gasteiger partial charge in [0.1, 0.15) is 11.1 Å². The molecule has 0 saturated heterocycles. The molecule has 0 unspecified atom stereocenters. The van der Waals surface area contributed by atoms with E-state index in [1.807, 2.05) is 36.1 Å². The van der Waals surface area contributed by atoms with E-state index < -0.39 is 13.0 Å². The lowest BCUT2D eigenvalue weighted by atomic mass is 10.1. The Labute approximate surface area is 136 Å². The number of aromatic amines is 1. The van der Waals surface area contributed by atoms with Gasteiger partial charge in [-0.05, 0) is 12.1 Å². The van der Waals surface area contributed by atoms with Gasteiger partial charge in [0.2, 0.25) is 5.95 Å². The van der Waals surface area contributed by atoms with Gasteiger partial charge in [-0.1, -0.05) is 6.58 Å². The molecule has 0 spiro atoms. The molecule has 0 aliphatic rings. The maximum Gasteiger partial charge on any atom is 0.255 e. The van der Waals surface area contributed by atoms with Gasteiger partial charge in [0.05, 0.1) is 6.54 Å². The minimum Gasteiger partial charge on any atom is -0.348 e. The van der Waals surface area contributed by atoms with Crippen LogP contribution in [-0.4, -0.2) is 32.5 Å². The fourth-order valence-corrected chi connectivity index (χ4v) is 2.39. The number of rotatable bonds is 5. The van der Waals surface area contributed by atoms with Gasteiger partial charge in [-0.3, -0.25) is 0 Å². The zero-order chi connectivity index (χ0) is 17.1. The minimum atomic E-state index is -2.46. The first-order valence-corrected chi connectivity index (χ1v) is 7.26. The minimum absolute atomic E-state index is 0.168. The first-order chi connectivity index (χ1) is 11.6. The summed E-state index contributed by atoms with van der Waals surface area (Å²) >= 11 is 0. The lowest BCUT2D eigenvalue weighted by molar-refractivity contribution is 0.163. The average Bonchev–Trinajstić information content (AvgIpc) is 2.98. The van der Waals surface area contributed by atoms with Crippen molar-refractivity contribution in [1.29, 1.82) is 0 Å². The Kier molecular flexibility index (Phi) is 4.37. The molecule has 0 aliphatic heterocycles. The van der Waals surface area contributed by atoms with Crippen molar-refractivity contribution in [3.8, 4) is 11.1 Å². The molecule has 0 atom stereocenters. The average molecular weight is 330 g/mol. The van der Waals surface area contributed by atoms with Crippen LogP contribution in [-0.2, 0) is 7.05 Å². The zero-order valence-corrected chi connectivity index (χ0v) is 13.0. The molecule has 3 rings (SSSR count). The van der Waals surface area contributed by atoms with E-state index >= 15 is 0 Å². The topological polar surface area (TPSA) is 70.9 Å². The third kappa shape index (κ3) is 3.17. The molecule has 8 heteroatoms. The Bertz CT molecular complexity index is 941. The first kappa shape index (κ1) is 15.9. The smallest absolute Gasteiger partial charge is 0.255 e. The van der Waals surface area contributed by atoms with Crippen LogP contribution in [0.3, 0.4) is 0 Å². The first-order valence-electron chi connectivity index (χ1n) is 7.26. The lowest BCUT2D eigenvalue weighted by Crippen LogP contribution is -2.15. The fraction of sp³-hybridized carbons (Fsp3) is 0.188. The summed E-state index contributed by atoms with van der Waals surface area (Å²) in [6.07, 6.45) is 4.40. The van der Waals surface area contributed by atoms with Gasteiger partial charge in [-0.2, -0.15) is 4.98 Å². The lowest BCUT2D eigenvalue weighted by Gasteiger charge is -2.05. The molecule has 0 radical (unpaired) electrons. The monoisotopic (exact) mass is 330 g/mol. The molecule has 0 aromatic carbocycles. The number of anilines is 1. The van der Waals surface area contributed by atoms with Crippen LogP contribution in [0.4, 0.5) is 14.7 Å². The summed E-state index contributed by atoms with van der Waals surface area (Å²) in [6.45, 7) is 3.11. The third-order valence-electron chi connectivity index (χ3n) is 3.49. The predicted molar refractivity (Wildman–Crippen MR) is 88.5 cm³/mol. The second-order valence-electron chi connectivity index (χ2n) is 5.13. The second-order valence-corrected chi connectivity index (χ2v) is 5.13. The van der Waals surface area contributed by atoms with Gasteiger partial charge in [0.25, 0.3) is 6.43 Å². The number of hydrogen-bond acceptors (Lipinski definition) is 4. The molecule has 3 heterocycles. The van der Waals surface area contributed by atoms with E-state index in [4.69, 9.17) is 0 Å². The van der Waals surface area contributed by atoms with Gasteiger partial charge in [-0.15, -0.1) is 0 Å². The summed E-state index contributed by atoms with van der Waals surface area (Å²) in [7, 11) is 1.89. The van der Waals surface area contributed by atoms with E-state index in [0.29, 0.717) is 5.65 Å². The van der Waals surface area contributed by atoms with Crippen molar-refractivity contribution in [2.45, 2.75) is 6.43 Å². The zero-order valence-electron chi connectivity index (χ0n) is 13.0. The van der Waals surface area contributed by atoms with Gasteiger partial charge in [-0.25, -0.2) is 18.8 Å². The number of halogens is 2. The molecule has 3 aromatic heterocycles. The van der Waals surface area contributed by atoms with Crippen LogP contribution in [0.5, 0.6) is 0 Å². The van der Waals surface area contributed by atoms with Crippen molar-refractivity contribution in [2.75, 3.05) is 11.9 Å². The quantitative estimate of drug-likeness (QED) is 0.755. The fourth-order valence-electron chi connectivity index (χ4n) is 2.39. The number of aryl methyl sites for hydroxylation is 1. The second kappa shape index (κ2) is 6.61. The molecule has 2 N–H and O–H groups in total. The SMILES string of the molecule is C=CN=c1ccc(-c2c[nH]c3nc(NCC(F)F)ncc23)cn1C. The van der Waals surface area contributed by atoms with E-state index in [-0.39, 0.29) is 5.95 Å². The molecule has 3 aromatic rings. The number of alkyl halides is 2. The van der Waals surface area contributed by atoms with E-state index in [2.05, 4.69) is 31.8 Å². The summed E-state index contributed by atoms with van der Waals surface area (Å²) in [4.78, 5) is 15.5. The largest absolute Gasteiger partial charge is 0.348 e. The van der Waals surface area contributed by atoms with E-state index in [9.17, 15) is 8.78 Å². The van der Waals surface area contributed by atoms with E-state index in [1.54, 1.807) is 6.20 Å². The Balaban J connectivity index is 1.97. The van der Waals surface area contributed by atoms with E-state index in [1.165, 1.54) is 6.20 Å². The van der Waals surface area contributed by atoms with Crippen LogP contribution in [0.1, 0.15) is 0 Å². The molecule has 24 heavy (non-hydrogen) atoms. The van der Waals surface area contributed by atoms with Crippen molar-refractivity contribution in [2.24, 2.45) is 12.0 Å². The van der Waals surface area contributed by atoms with Crippen molar-refractivity contribution < 1.29 is 8.78 Å². The van der Waals surface area contributed by atoms with Gasteiger partial charge in [0.15, 0.2) is 0 Å². The van der Waals surface area contributed by atoms with Gasteiger partial charge in [0, 0.05) is 48.4 Å². The summed E-state index contributed by atoms with van der Waals surface area (Å²) in [6, 6.07) is 3.82. The van der Waals surface area contributed by atoms with Crippen LogP contribution in [0.15, 0.2) is 48.5 Å². The third-order valence-corrected chi connectivity index (χ3v) is 3.49. The van der Waals surface area contributed by atoms with Crippen LogP contribution in [0.2, 0.25) is 0 Å². The highest BCUT2D eigenvalue weighted by molar-refractivity contribution is 5.93. The number of nitrogens with one attached hydrogen (secondary N) is 2. The molecule has 124 valence electrons. The highest BCUT2D eigenvalue weighted by atomic mass is 19.3. The van der Waals surface area contributed by atoms with Gasteiger partial charge >= 0.3 is 0 Å². The number of nitrogens with zero attached hydrogens (tertiary/aromatic N) is 4. The highest BCUT2D eigenvalue weighted by Gasteiger charge is 2.10. The summed E-state index contributed by atoms with van der Waals surface area (Å²) in [5.74, 6) is 0.168. The Morgan fingerprint density at radius 2 is 2.29 bits per heavy atom. The highest BCUT2D eigenvalue weighted by Crippen LogP contribution is 2.26. The molecule has 6 nitrogen and oxygen atoms in total. The van der Waals surface area contributed by atoms with Crippen LogP contribution >= 0.6 is 0 Å². The Morgan fingerprint density at radius 3 is 3.00 bits per heavy atom. The molecule has 0 fully saturated rings. The summed E-state index contributed by atoms with van der Waals surface area (Å²) in [5.41, 5.74) is 3.25. The van der Waals surface area contributed by atoms with Gasteiger partial charge < -0.3 is 14.9 Å². The molecule has 0 bridgehead atoms. The molecule has 0 amide bonds. The Morgan fingerprint density at radius 1 is 1.46 bits per heavy atom. The van der Waals surface area contributed by atoms with Crippen LogP contribution < -0.4 is 10.8 Å². The van der Waals surface area contributed by atoms with Crippen molar-refractivity contribution in [3.05, 3.63) is 49.0 Å². The normalized spacial score (nSPS) is 12.1. The van der Waals surface area contributed by atoms with Crippen LogP contribution in [0.25, 0.3) is 22.2 Å². The Hall–Kier alpha value is -3.03. The maximum absolute atomic E-state index is 12.2. The number of hydrogen-bond donors (Lipinski definition) is 2. The summed E-state index contributed by atoms with van der Waals surface area (Å²) < 4.78 is 26.4. The van der Waals surface area contributed by atoms with Crippen molar-refractivity contribution in [3.63, 3.8) is 0 Å². The van der Waals surface area contributed by atoms with Crippen LogP contribution in [0, 0.1) is 0 Å². The molecular weight excluding hydrogens is 314 g/mol. The molecule has 0 aliphatic carbocycles. The summed E-state index contributed by atoms with van der Waals surface area (Å²) in [5, 5.41) is 3.31. The number of fused-ring (bicyclic) bond motifs is 1. The van der Waals surface area contributed by atoms with E-state index in [0.717, 1.165) is 22.0 Å². The standard InChI is InChI=1S/C16H16F2N6/c1-3-19-14-5-4-10(9-24(14)2)11-6-20-15-12(11)7-21-16(23-15)22-8-13(17)18/h3-7,9,13H,1,8H2,2H3,(H2,20,21,22,23). The number of pyridine rings is 1. The maximum atomic E-state index is 12.2.